The summed E-state index contributed by atoms with van der Waals surface area (Å²) in [5, 5.41) is 26.1. The Morgan fingerprint density at radius 3 is 2.74 bits per heavy atom. The number of nitro groups is 1. The summed E-state index contributed by atoms with van der Waals surface area (Å²) in [7, 11) is 0. The van der Waals surface area contributed by atoms with Crippen LogP contribution in [0, 0.1) is 21.4 Å². The Morgan fingerprint density at radius 2 is 2.15 bits per heavy atom. The molecule has 1 amide bonds. The molecule has 178 valence electrons. The average Bonchev–Trinajstić information content (AvgIpc) is 2.84. The van der Waals surface area contributed by atoms with Gasteiger partial charge in [-0.1, -0.05) is 24.2 Å². The third kappa shape index (κ3) is 6.63. The van der Waals surface area contributed by atoms with Crippen molar-refractivity contribution in [3.8, 4) is 6.07 Å². The molecule has 1 heterocycles. The lowest BCUT2D eigenvalue weighted by atomic mass is 9.78. The van der Waals surface area contributed by atoms with Gasteiger partial charge >= 0.3 is 5.97 Å². The molecule has 1 aromatic rings. The molecule has 0 spiro atoms. The van der Waals surface area contributed by atoms with Crippen molar-refractivity contribution < 1.29 is 19.2 Å². The third-order valence-corrected chi connectivity index (χ3v) is 5.32. The summed E-state index contributed by atoms with van der Waals surface area (Å²) in [6.07, 6.45) is 2.60. The van der Waals surface area contributed by atoms with Crippen molar-refractivity contribution in [2.24, 2.45) is 10.1 Å². The number of unbranched alkanes of at least 4 members (excludes halogenated alkanes) is 1. The molecular formula is C22H25N7O5. The molecule has 0 bridgehead atoms. The lowest BCUT2D eigenvalue weighted by Crippen LogP contribution is -2.45. The predicted octanol–water partition coefficient (Wildman–Crippen LogP) is 3.85. The van der Waals surface area contributed by atoms with E-state index in [4.69, 9.17) is 15.5 Å². The van der Waals surface area contributed by atoms with Gasteiger partial charge in [0, 0.05) is 35.2 Å². The van der Waals surface area contributed by atoms with E-state index in [1.807, 2.05) is 13.0 Å². The quantitative estimate of drug-likeness (QED) is 0.0671. The second kappa shape index (κ2) is 13.3. The third-order valence-electron chi connectivity index (χ3n) is 5.32. The van der Waals surface area contributed by atoms with Crippen LogP contribution in [0.1, 0.15) is 50.5 Å². The molecular weight excluding hydrogens is 442 g/mol. The number of nitriles is 1. The number of allylic oxidation sites excluding steroid dienone is 1. The first kappa shape index (κ1) is 26.0. The van der Waals surface area contributed by atoms with Crippen molar-refractivity contribution in [2.45, 2.75) is 51.0 Å². The van der Waals surface area contributed by atoms with Crippen molar-refractivity contribution in [1.29, 1.82) is 5.26 Å². The number of hydrogen-bond donors (Lipinski definition) is 1. The van der Waals surface area contributed by atoms with E-state index in [1.54, 1.807) is 12.1 Å². The average molecular weight is 467 g/mol. The van der Waals surface area contributed by atoms with Crippen LogP contribution in [0.4, 0.5) is 5.69 Å². The molecule has 0 aromatic heterocycles. The highest BCUT2D eigenvalue weighted by molar-refractivity contribution is 6.00. The van der Waals surface area contributed by atoms with Gasteiger partial charge in [-0.15, -0.1) is 0 Å². The van der Waals surface area contributed by atoms with E-state index in [0.29, 0.717) is 55.6 Å². The predicted molar refractivity (Wildman–Crippen MR) is 123 cm³/mol. The molecule has 0 saturated heterocycles. The Morgan fingerprint density at radius 1 is 1.41 bits per heavy atom. The van der Waals surface area contributed by atoms with Crippen LogP contribution < -0.4 is 5.32 Å². The molecule has 0 fully saturated rings. The number of hydrogen-bond acceptors (Lipinski definition) is 8. The Bertz CT molecular complexity index is 1050. The summed E-state index contributed by atoms with van der Waals surface area (Å²) in [5.41, 5.74) is 10.3. The molecule has 0 aliphatic carbocycles. The van der Waals surface area contributed by atoms with Crippen LogP contribution >= 0.6 is 0 Å². The molecule has 1 aliphatic rings. The van der Waals surface area contributed by atoms with Gasteiger partial charge in [-0.3, -0.25) is 19.9 Å². The number of nitro benzene ring substituents is 1. The first-order chi connectivity index (χ1) is 16.5. The van der Waals surface area contributed by atoms with Gasteiger partial charge in [0.1, 0.15) is 6.61 Å². The fraction of sp³-hybridized carbons (Fsp3) is 0.455. The zero-order chi connectivity index (χ0) is 24.9. The van der Waals surface area contributed by atoms with Crippen LogP contribution in [0.2, 0.25) is 0 Å². The highest BCUT2D eigenvalue weighted by atomic mass is 16.6. The van der Waals surface area contributed by atoms with Gasteiger partial charge in [0.2, 0.25) is 6.41 Å². The first-order valence-electron chi connectivity index (χ1n) is 10.8. The van der Waals surface area contributed by atoms with E-state index < -0.39 is 22.9 Å². The standard InChI is InChI=1S/C22H25N7O5/c1-2-17-21(25-14-30)19(15-7-9-16(10-8-15)29(32)33)20(22(31)34-13-5-11-23)18(27-17)6-3-4-12-26-28-24/h7-10,14,19,21H,2-6,12-13H2,1H3,(H,25,30). The van der Waals surface area contributed by atoms with Crippen LogP contribution in [0.5, 0.6) is 0 Å². The topological polar surface area (TPSA) is 183 Å². The second-order valence-electron chi connectivity index (χ2n) is 7.36. The monoisotopic (exact) mass is 467 g/mol. The van der Waals surface area contributed by atoms with Gasteiger partial charge in [-0.05, 0) is 36.8 Å². The Labute approximate surface area is 196 Å². The number of amides is 1. The highest BCUT2D eigenvalue weighted by Crippen LogP contribution is 2.38. The molecule has 12 heteroatoms. The van der Waals surface area contributed by atoms with Crippen molar-refractivity contribution in [1.82, 2.24) is 5.32 Å². The molecule has 2 rings (SSSR count). The van der Waals surface area contributed by atoms with Gasteiger partial charge in [0.05, 0.1) is 34.7 Å². The summed E-state index contributed by atoms with van der Waals surface area (Å²) in [6, 6.07) is 7.02. The molecule has 2 unspecified atom stereocenters. The number of benzene rings is 1. The van der Waals surface area contributed by atoms with Crippen molar-refractivity contribution in [2.75, 3.05) is 13.2 Å². The van der Waals surface area contributed by atoms with Crippen molar-refractivity contribution in [3.05, 3.63) is 61.7 Å². The fourth-order valence-corrected chi connectivity index (χ4v) is 3.79. The lowest BCUT2D eigenvalue weighted by molar-refractivity contribution is -0.384. The van der Waals surface area contributed by atoms with Gasteiger partial charge in [-0.2, -0.15) is 5.26 Å². The van der Waals surface area contributed by atoms with Crippen LogP contribution in [0.25, 0.3) is 10.4 Å². The van der Waals surface area contributed by atoms with Gasteiger partial charge in [-0.25, -0.2) is 4.79 Å². The summed E-state index contributed by atoms with van der Waals surface area (Å²) in [6.45, 7) is 2.07. The van der Waals surface area contributed by atoms with E-state index in [9.17, 15) is 19.7 Å². The molecule has 1 aromatic carbocycles. The second-order valence-corrected chi connectivity index (χ2v) is 7.36. The number of non-ortho nitro benzene ring substituents is 1. The number of nitrogens with one attached hydrogen (secondary N) is 1. The molecule has 2 atom stereocenters. The summed E-state index contributed by atoms with van der Waals surface area (Å²) < 4.78 is 5.33. The fourth-order valence-electron chi connectivity index (χ4n) is 3.79. The molecule has 0 saturated carbocycles. The summed E-state index contributed by atoms with van der Waals surface area (Å²) >= 11 is 0. The van der Waals surface area contributed by atoms with Crippen LogP contribution in [0.3, 0.4) is 0 Å². The number of azide groups is 1. The van der Waals surface area contributed by atoms with Crippen molar-refractivity contribution >= 4 is 23.8 Å². The molecule has 0 radical (unpaired) electrons. The number of ether oxygens (including phenoxy) is 1. The Kier molecular flexibility index (Phi) is 10.2. The normalized spacial score (nSPS) is 17.1. The van der Waals surface area contributed by atoms with Gasteiger partial charge in [0.25, 0.3) is 5.69 Å². The summed E-state index contributed by atoms with van der Waals surface area (Å²) in [4.78, 5) is 42.6. The van der Waals surface area contributed by atoms with Crippen LogP contribution in [-0.2, 0) is 14.3 Å². The van der Waals surface area contributed by atoms with E-state index in [-0.39, 0.29) is 24.3 Å². The Balaban J connectivity index is 2.58. The maximum Gasteiger partial charge on any atom is 0.336 e. The smallest absolute Gasteiger partial charge is 0.336 e. The number of aliphatic imine (C=N–C) groups is 1. The zero-order valence-electron chi connectivity index (χ0n) is 18.7. The van der Waals surface area contributed by atoms with Gasteiger partial charge in [0.15, 0.2) is 0 Å². The first-order valence-corrected chi connectivity index (χ1v) is 10.8. The highest BCUT2D eigenvalue weighted by Gasteiger charge is 2.39. The van der Waals surface area contributed by atoms with Crippen molar-refractivity contribution in [3.63, 3.8) is 0 Å². The maximum atomic E-state index is 13.2. The molecule has 1 N–H and O–H groups in total. The van der Waals surface area contributed by atoms with Crippen LogP contribution in [-0.4, -0.2) is 42.2 Å². The minimum absolute atomic E-state index is 0.0161. The number of rotatable bonds is 13. The largest absolute Gasteiger partial charge is 0.461 e. The minimum atomic E-state index is -0.694. The van der Waals surface area contributed by atoms with E-state index in [2.05, 4.69) is 20.3 Å². The van der Waals surface area contributed by atoms with Crippen LogP contribution in [0.15, 0.2) is 45.6 Å². The summed E-state index contributed by atoms with van der Waals surface area (Å²) in [5.74, 6) is -1.36. The number of nitrogens with zero attached hydrogens (tertiary/aromatic N) is 6. The minimum Gasteiger partial charge on any atom is -0.461 e. The van der Waals surface area contributed by atoms with E-state index in [1.165, 1.54) is 12.1 Å². The zero-order valence-corrected chi connectivity index (χ0v) is 18.7. The SMILES string of the molecule is CCC1=NC(CCCCN=[N+]=[N-])=C(C(=O)OCCC#N)C(c2ccc([N+](=O)[O-])cc2)C1NC=O. The molecule has 1 aliphatic heterocycles. The Hall–Kier alpha value is -4.23. The molecule has 34 heavy (non-hydrogen) atoms. The van der Waals surface area contributed by atoms with E-state index in [0.717, 1.165) is 0 Å². The lowest BCUT2D eigenvalue weighted by Gasteiger charge is -2.34. The van der Waals surface area contributed by atoms with E-state index >= 15 is 0 Å². The number of carbonyl (C=O) groups excluding carboxylic acids is 2. The van der Waals surface area contributed by atoms with Gasteiger partial charge < -0.3 is 10.1 Å². The number of esters is 1. The number of carbonyl (C=O) groups is 2. The molecule has 12 nitrogen and oxygen atoms in total. The maximum absolute atomic E-state index is 13.2.